The van der Waals surface area contributed by atoms with Crippen LogP contribution >= 0.6 is 0 Å². The van der Waals surface area contributed by atoms with Crippen LogP contribution in [0.4, 0.5) is 5.69 Å². The standard InChI is InChI=1S/C20H27N3O3/c24-19-6-5-18(20(25)21-19)15-1-3-16(4-2-15)22-9-7-17(8-10-22)23-11-13-26-14-12-23/h1-4,17-18H,5-14H2,(H,21,24,25). The smallest absolute Gasteiger partial charge is 0.234 e. The molecular weight excluding hydrogens is 330 g/mol. The number of carbonyl (C=O) groups is 2. The van der Waals surface area contributed by atoms with E-state index in [0.717, 1.165) is 45.0 Å². The van der Waals surface area contributed by atoms with Gasteiger partial charge in [-0.15, -0.1) is 0 Å². The van der Waals surface area contributed by atoms with Gasteiger partial charge < -0.3 is 9.64 Å². The molecule has 0 spiro atoms. The van der Waals surface area contributed by atoms with Crippen molar-refractivity contribution < 1.29 is 14.3 Å². The molecule has 1 atom stereocenters. The summed E-state index contributed by atoms with van der Waals surface area (Å²) in [5.74, 6) is -0.528. The van der Waals surface area contributed by atoms with Gasteiger partial charge in [0.1, 0.15) is 0 Å². The molecule has 3 heterocycles. The fraction of sp³-hybridized carbons (Fsp3) is 0.600. The molecule has 1 aromatic rings. The molecule has 3 fully saturated rings. The Bertz CT molecular complexity index is 647. The summed E-state index contributed by atoms with van der Waals surface area (Å²) in [6.07, 6.45) is 3.41. The zero-order valence-electron chi connectivity index (χ0n) is 15.2. The van der Waals surface area contributed by atoms with Crippen molar-refractivity contribution in [1.82, 2.24) is 10.2 Å². The number of amides is 2. The molecular formula is C20H27N3O3. The van der Waals surface area contributed by atoms with Crippen LogP contribution in [0.3, 0.4) is 0 Å². The number of nitrogens with one attached hydrogen (secondary N) is 1. The maximum absolute atomic E-state index is 12.0. The largest absolute Gasteiger partial charge is 0.379 e. The van der Waals surface area contributed by atoms with E-state index < -0.39 is 0 Å². The van der Waals surface area contributed by atoms with Gasteiger partial charge in [-0.2, -0.15) is 0 Å². The molecule has 0 aromatic heterocycles. The van der Waals surface area contributed by atoms with Crippen LogP contribution in [0.25, 0.3) is 0 Å². The summed E-state index contributed by atoms with van der Waals surface area (Å²) in [6.45, 7) is 5.99. The molecule has 3 saturated heterocycles. The highest BCUT2D eigenvalue weighted by atomic mass is 16.5. The lowest BCUT2D eigenvalue weighted by molar-refractivity contribution is -0.134. The van der Waals surface area contributed by atoms with E-state index in [1.165, 1.54) is 18.5 Å². The predicted molar refractivity (Wildman–Crippen MR) is 99.2 cm³/mol. The first-order chi connectivity index (χ1) is 12.7. The van der Waals surface area contributed by atoms with Gasteiger partial charge in [-0.1, -0.05) is 12.1 Å². The lowest BCUT2D eigenvalue weighted by Crippen LogP contribution is -2.49. The lowest BCUT2D eigenvalue weighted by atomic mass is 9.90. The average Bonchev–Trinajstić information content (AvgIpc) is 2.69. The summed E-state index contributed by atoms with van der Waals surface area (Å²) in [5.41, 5.74) is 2.23. The number of morpholine rings is 1. The van der Waals surface area contributed by atoms with Gasteiger partial charge in [0.05, 0.1) is 19.1 Å². The molecule has 1 unspecified atom stereocenters. The summed E-state index contributed by atoms with van der Waals surface area (Å²) in [7, 11) is 0. The minimum Gasteiger partial charge on any atom is -0.379 e. The quantitative estimate of drug-likeness (QED) is 0.831. The summed E-state index contributed by atoms with van der Waals surface area (Å²) in [6, 6.07) is 9.01. The zero-order chi connectivity index (χ0) is 17.9. The Morgan fingerprint density at radius 3 is 2.27 bits per heavy atom. The Labute approximate surface area is 154 Å². The molecule has 6 nitrogen and oxygen atoms in total. The second kappa shape index (κ2) is 7.76. The Balaban J connectivity index is 1.34. The number of carbonyl (C=O) groups excluding carboxylic acids is 2. The highest BCUT2D eigenvalue weighted by Gasteiger charge is 2.29. The fourth-order valence-electron chi connectivity index (χ4n) is 4.36. The topological polar surface area (TPSA) is 61.9 Å². The Morgan fingerprint density at radius 1 is 0.923 bits per heavy atom. The van der Waals surface area contributed by atoms with Gasteiger partial charge in [0.15, 0.2) is 0 Å². The van der Waals surface area contributed by atoms with E-state index in [0.29, 0.717) is 18.9 Å². The van der Waals surface area contributed by atoms with E-state index in [9.17, 15) is 9.59 Å². The van der Waals surface area contributed by atoms with E-state index in [1.807, 2.05) is 12.1 Å². The van der Waals surface area contributed by atoms with Crippen LogP contribution in [0.1, 0.15) is 37.2 Å². The maximum Gasteiger partial charge on any atom is 0.234 e. The number of hydrogen-bond donors (Lipinski definition) is 1. The SMILES string of the molecule is O=C1CCC(c2ccc(N3CCC(N4CCOCC4)CC3)cc2)C(=O)N1. The molecule has 140 valence electrons. The molecule has 4 rings (SSSR count). The summed E-state index contributed by atoms with van der Waals surface area (Å²) < 4.78 is 5.46. The number of nitrogens with zero attached hydrogens (tertiary/aromatic N) is 2. The third-order valence-corrected chi connectivity index (χ3v) is 5.93. The molecule has 3 aliphatic heterocycles. The molecule has 1 aromatic carbocycles. The van der Waals surface area contributed by atoms with Crippen molar-refractivity contribution in [3.05, 3.63) is 29.8 Å². The van der Waals surface area contributed by atoms with Crippen LogP contribution in [-0.4, -0.2) is 62.1 Å². The average molecular weight is 357 g/mol. The molecule has 26 heavy (non-hydrogen) atoms. The van der Waals surface area contributed by atoms with Gasteiger partial charge in [-0.3, -0.25) is 19.8 Å². The van der Waals surface area contributed by atoms with Crippen LogP contribution in [0, 0.1) is 0 Å². The van der Waals surface area contributed by atoms with Gasteiger partial charge in [0.25, 0.3) is 0 Å². The molecule has 0 bridgehead atoms. The third kappa shape index (κ3) is 3.76. The molecule has 3 aliphatic rings. The van der Waals surface area contributed by atoms with Gasteiger partial charge in [-0.25, -0.2) is 0 Å². The zero-order valence-corrected chi connectivity index (χ0v) is 15.2. The maximum atomic E-state index is 12.0. The second-order valence-corrected chi connectivity index (χ2v) is 7.46. The van der Waals surface area contributed by atoms with E-state index in [2.05, 4.69) is 27.2 Å². The summed E-state index contributed by atoms with van der Waals surface area (Å²) in [4.78, 5) is 28.3. The van der Waals surface area contributed by atoms with Crippen molar-refractivity contribution in [3.8, 4) is 0 Å². The van der Waals surface area contributed by atoms with Crippen molar-refractivity contribution in [3.63, 3.8) is 0 Å². The van der Waals surface area contributed by atoms with Crippen molar-refractivity contribution in [1.29, 1.82) is 0 Å². The van der Waals surface area contributed by atoms with Crippen LogP contribution in [0.5, 0.6) is 0 Å². The van der Waals surface area contributed by atoms with E-state index in [1.54, 1.807) is 0 Å². The van der Waals surface area contributed by atoms with Gasteiger partial charge in [0, 0.05) is 44.3 Å². The molecule has 1 N–H and O–H groups in total. The van der Waals surface area contributed by atoms with Crippen molar-refractivity contribution in [2.45, 2.75) is 37.6 Å². The highest BCUT2D eigenvalue weighted by molar-refractivity contribution is 6.00. The van der Waals surface area contributed by atoms with Crippen molar-refractivity contribution in [2.24, 2.45) is 0 Å². The summed E-state index contributed by atoms with van der Waals surface area (Å²) in [5, 5.41) is 2.44. The van der Waals surface area contributed by atoms with Crippen LogP contribution in [-0.2, 0) is 14.3 Å². The second-order valence-electron chi connectivity index (χ2n) is 7.46. The number of rotatable bonds is 3. The van der Waals surface area contributed by atoms with Gasteiger partial charge in [-0.05, 0) is 37.0 Å². The summed E-state index contributed by atoms with van der Waals surface area (Å²) >= 11 is 0. The number of ether oxygens (including phenoxy) is 1. The number of benzene rings is 1. The van der Waals surface area contributed by atoms with Crippen LogP contribution < -0.4 is 10.2 Å². The van der Waals surface area contributed by atoms with Gasteiger partial charge >= 0.3 is 0 Å². The Kier molecular flexibility index (Phi) is 5.22. The number of hydrogen-bond acceptors (Lipinski definition) is 5. The monoisotopic (exact) mass is 357 g/mol. The third-order valence-electron chi connectivity index (χ3n) is 5.93. The van der Waals surface area contributed by atoms with Crippen molar-refractivity contribution in [2.75, 3.05) is 44.3 Å². The van der Waals surface area contributed by atoms with Crippen LogP contribution in [0.15, 0.2) is 24.3 Å². The Morgan fingerprint density at radius 2 is 1.62 bits per heavy atom. The first-order valence-electron chi connectivity index (χ1n) is 9.71. The molecule has 2 amide bonds. The highest BCUT2D eigenvalue weighted by Crippen LogP contribution is 2.28. The first-order valence-corrected chi connectivity index (χ1v) is 9.71. The fourth-order valence-corrected chi connectivity index (χ4v) is 4.36. The minimum atomic E-state index is -0.200. The number of piperidine rings is 2. The van der Waals surface area contributed by atoms with E-state index >= 15 is 0 Å². The molecule has 0 saturated carbocycles. The van der Waals surface area contributed by atoms with Gasteiger partial charge in [0.2, 0.25) is 11.8 Å². The van der Waals surface area contributed by atoms with Crippen molar-refractivity contribution >= 4 is 17.5 Å². The Hall–Kier alpha value is -1.92. The number of imide groups is 1. The molecule has 0 aliphatic carbocycles. The predicted octanol–water partition coefficient (Wildman–Crippen LogP) is 1.51. The first kappa shape index (κ1) is 17.5. The lowest BCUT2D eigenvalue weighted by Gasteiger charge is -2.40. The normalized spacial score (nSPS) is 26.0. The number of anilines is 1. The minimum absolute atomic E-state index is 0.161. The molecule has 6 heteroatoms. The molecule has 0 radical (unpaired) electrons. The van der Waals surface area contributed by atoms with E-state index in [4.69, 9.17) is 4.74 Å². The van der Waals surface area contributed by atoms with Crippen LogP contribution in [0.2, 0.25) is 0 Å². The van der Waals surface area contributed by atoms with E-state index in [-0.39, 0.29) is 17.7 Å².